The lowest BCUT2D eigenvalue weighted by Gasteiger charge is -2.54. The second-order valence-corrected chi connectivity index (χ2v) is 6.83. The lowest BCUT2D eigenvalue weighted by Crippen LogP contribution is -2.83. The zero-order chi connectivity index (χ0) is 18.1. The highest BCUT2D eigenvalue weighted by molar-refractivity contribution is 7.80. The maximum Gasteiger partial charge on any atom is 0.397 e. The van der Waals surface area contributed by atoms with Gasteiger partial charge in [0.1, 0.15) is 18.4 Å². The summed E-state index contributed by atoms with van der Waals surface area (Å²) < 4.78 is 35.2. The standard InChI is InChI=1S/C9H18N6O8S/c10-6-12-5-3(2-16)15(19)7(11)14-1-4(23-24(20,21)22)9(17,18)8(5,14)13-6/h3-5,7,16-19H,1-2,11H2,(H3,10,12,13)(H,20,21,22)/t3-,4+,5-,7?,8-/m0/s1. The van der Waals surface area contributed by atoms with E-state index in [1.807, 2.05) is 0 Å². The molecule has 3 aliphatic heterocycles. The van der Waals surface area contributed by atoms with Gasteiger partial charge in [0.05, 0.1) is 12.6 Å². The van der Waals surface area contributed by atoms with Crippen LogP contribution >= 0.6 is 0 Å². The van der Waals surface area contributed by atoms with E-state index in [1.165, 1.54) is 0 Å². The van der Waals surface area contributed by atoms with E-state index in [9.17, 15) is 28.9 Å². The fourth-order valence-electron chi connectivity index (χ4n) is 3.60. The van der Waals surface area contributed by atoms with Crippen molar-refractivity contribution in [3.05, 3.63) is 0 Å². The van der Waals surface area contributed by atoms with Crippen LogP contribution in [0.5, 0.6) is 0 Å². The number of rotatable bonds is 3. The van der Waals surface area contributed by atoms with Crippen molar-refractivity contribution in [2.45, 2.75) is 35.9 Å². The summed E-state index contributed by atoms with van der Waals surface area (Å²) in [7, 11) is -5.03. The molecule has 3 heterocycles. The number of nitrogens with two attached hydrogens (primary N) is 2. The monoisotopic (exact) mass is 370 g/mol. The molecule has 0 aliphatic carbocycles. The molecular formula is C9H18N6O8S. The van der Waals surface area contributed by atoms with Crippen LogP contribution in [0.1, 0.15) is 0 Å². The SMILES string of the molecule is NC1=N[C@H]2[C@H](CO)N(O)C(N)N3C[C@@H](OS(=O)(=O)O)C(O)(O)[C@]23N1. The molecule has 10 N–H and O–H groups in total. The van der Waals surface area contributed by atoms with Gasteiger partial charge in [-0.1, -0.05) is 0 Å². The third-order valence-corrected chi connectivity index (χ3v) is 5.05. The Morgan fingerprint density at radius 3 is 2.62 bits per heavy atom. The highest BCUT2D eigenvalue weighted by Gasteiger charge is 2.76. The Hall–Kier alpha value is -1.14. The van der Waals surface area contributed by atoms with Crippen molar-refractivity contribution in [1.82, 2.24) is 15.3 Å². The Morgan fingerprint density at radius 1 is 1.46 bits per heavy atom. The van der Waals surface area contributed by atoms with Crippen molar-refractivity contribution < 1.29 is 37.7 Å². The molecule has 0 bridgehead atoms. The van der Waals surface area contributed by atoms with Crippen molar-refractivity contribution in [3.8, 4) is 0 Å². The highest BCUT2D eigenvalue weighted by Crippen LogP contribution is 2.47. The smallest absolute Gasteiger partial charge is 0.395 e. The van der Waals surface area contributed by atoms with Crippen LogP contribution in [0.4, 0.5) is 0 Å². The summed E-state index contributed by atoms with van der Waals surface area (Å²) in [6.45, 7) is -1.18. The zero-order valence-electron chi connectivity index (χ0n) is 12.1. The van der Waals surface area contributed by atoms with Gasteiger partial charge in [-0.15, -0.1) is 0 Å². The molecule has 0 saturated carbocycles. The predicted octanol–water partition coefficient (Wildman–Crippen LogP) is -5.54. The second-order valence-electron chi connectivity index (χ2n) is 5.79. The Bertz CT molecular complexity index is 671. The van der Waals surface area contributed by atoms with Crippen molar-refractivity contribution in [2.24, 2.45) is 16.5 Å². The summed E-state index contributed by atoms with van der Waals surface area (Å²) in [5.41, 5.74) is 9.46. The average Bonchev–Trinajstić information content (AvgIpc) is 2.89. The van der Waals surface area contributed by atoms with Gasteiger partial charge in [0, 0.05) is 6.54 Å². The van der Waals surface area contributed by atoms with Gasteiger partial charge in [0.2, 0.25) is 5.79 Å². The normalized spacial score (nSPS) is 42.3. The van der Waals surface area contributed by atoms with Gasteiger partial charge in [0.15, 0.2) is 11.6 Å². The van der Waals surface area contributed by atoms with Crippen molar-refractivity contribution in [1.29, 1.82) is 0 Å². The van der Waals surface area contributed by atoms with Crippen LogP contribution in [0.15, 0.2) is 4.99 Å². The van der Waals surface area contributed by atoms with Gasteiger partial charge >= 0.3 is 10.4 Å². The van der Waals surface area contributed by atoms with Crippen LogP contribution in [0, 0.1) is 0 Å². The van der Waals surface area contributed by atoms with E-state index >= 15 is 0 Å². The minimum absolute atomic E-state index is 0.245. The molecule has 0 aromatic carbocycles. The van der Waals surface area contributed by atoms with Gasteiger partial charge in [-0.3, -0.25) is 4.55 Å². The number of aliphatic imine (C=N–C) groups is 1. The number of hydrogen-bond acceptors (Lipinski definition) is 13. The molecular weight excluding hydrogens is 352 g/mol. The van der Waals surface area contributed by atoms with E-state index in [-0.39, 0.29) is 5.96 Å². The van der Waals surface area contributed by atoms with Crippen molar-refractivity contribution in [2.75, 3.05) is 13.2 Å². The number of nitrogens with one attached hydrogen (secondary N) is 1. The summed E-state index contributed by atoms with van der Waals surface area (Å²) in [5.74, 6) is -3.20. The lowest BCUT2D eigenvalue weighted by molar-refractivity contribution is -0.312. The fourth-order valence-corrected chi connectivity index (χ4v) is 4.08. The van der Waals surface area contributed by atoms with E-state index in [1.54, 1.807) is 0 Å². The fraction of sp³-hybridized carbons (Fsp3) is 0.889. The third kappa shape index (κ3) is 2.15. The van der Waals surface area contributed by atoms with Gasteiger partial charge < -0.3 is 37.3 Å². The third-order valence-electron chi connectivity index (χ3n) is 4.57. The van der Waals surface area contributed by atoms with E-state index in [2.05, 4.69) is 14.5 Å². The molecule has 0 radical (unpaired) electrons. The first-order valence-corrected chi connectivity index (χ1v) is 8.14. The van der Waals surface area contributed by atoms with E-state index in [4.69, 9.17) is 16.0 Å². The molecule has 5 atom stereocenters. The predicted molar refractivity (Wildman–Crippen MR) is 74.0 cm³/mol. The summed E-state index contributed by atoms with van der Waals surface area (Å²) >= 11 is 0. The lowest BCUT2D eigenvalue weighted by atomic mass is 9.85. The number of hydroxylamine groups is 2. The molecule has 0 aromatic rings. The van der Waals surface area contributed by atoms with Crippen LogP contribution in [0.2, 0.25) is 0 Å². The molecule has 24 heavy (non-hydrogen) atoms. The molecule has 15 heteroatoms. The van der Waals surface area contributed by atoms with E-state index in [0.29, 0.717) is 5.06 Å². The van der Waals surface area contributed by atoms with E-state index < -0.39 is 59.5 Å². The minimum atomic E-state index is -5.03. The molecule has 1 unspecified atom stereocenters. The minimum Gasteiger partial charge on any atom is -0.395 e. The Labute approximate surface area is 135 Å². The zero-order valence-corrected chi connectivity index (χ0v) is 12.9. The number of hydrogen-bond donors (Lipinski definition) is 8. The number of aliphatic hydroxyl groups excluding tert-OH is 1. The van der Waals surface area contributed by atoms with Gasteiger partial charge in [-0.05, 0) is 0 Å². The Balaban J connectivity index is 2.11. The first kappa shape index (κ1) is 17.7. The van der Waals surface area contributed by atoms with Gasteiger partial charge in [-0.25, -0.2) is 14.1 Å². The molecule has 0 aromatic heterocycles. The quantitative estimate of drug-likeness (QED) is 0.171. The molecule has 0 amide bonds. The Morgan fingerprint density at radius 2 is 2.08 bits per heavy atom. The molecule has 1 spiro atoms. The molecule has 138 valence electrons. The molecule has 3 rings (SSSR count). The largest absolute Gasteiger partial charge is 0.397 e. The topological polar surface area (TPSA) is 227 Å². The first-order chi connectivity index (χ1) is 11.0. The van der Waals surface area contributed by atoms with Gasteiger partial charge in [0.25, 0.3) is 0 Å². The second kappa shape index (κ2) is 5.18. The van der Waals surface area contributed by atoms with Crippen LogP contribution < -0.4 is 16.8 Å². The van der Waals surface area contributed by atoms with Crippen LogP contribution in [0.3, 0.4) is 0 Å². The van der Waals surface area contributed by atoms with Gasteiger partial charge in [-0.2, -0.15) is 13.5 Å². The molecule has 2 saturated heterocycles. The van der Waals surface area contributed by atoms with Crippen LogP contribution in [-0.4, -0.2) is 98.5 Å². The van der Waals surface area contributed by atoms with Crippen molar-refractivity contribution in [3.63, 3.8) is 0 Å². The molecule has 14 nitrogen and oxygen atoms in total. The summed E-state index contributed by atoms with van der Waals surface area (Å²) in [4.78, 5) is 5.02. The summed E-state index contributed by atoms with van der Waals surface area (Å²) in [5, 5.41) is 43.9. The molecule has 2 fully saturated rings. The Kier molecular flexibility index (Phi) is 3.81. The van der Waals surface area contributed by atoms with Crippen LogP contribution in [-0.2, 0) is 14.6 Å². The first-order valence-electron chi connectivity index (χ1n) is 6.78. The maximum absolute atomic E-state index is 11.0. The average molecular weight is 370 g/mol. The van der Waals surface area contributed by atoms with Crippen molar-refractivity contribution >= 4 is 16.4 Å². The number of guanidine groups is 1. The molecule has 3 aliphatic rings. The number of aliphatic hydroxyl groups is 3. The number of nitrogens with zero attached hydrogens (tertiary/aromatic N) is 3. The van der Waals surface area contributed by atoms with E-state index in [0.717, 1.165) is 4.90 Å². The summed E-state index contributed by atoms with van der Waals surface area (Å²) in [6, 6.07) is -2.41. The highest BCUT2D eigenvalue weighted by atomic mass is 32.3. The van der Waals surface area contributed by atoms with Crippen LogP contribution in [0.25, 0.3) is 0 Å². The maximum atomic E-state index is 11.0. The summed E-state index contributed by atoms with van der Waals surface area (Å²) in [6.07, 6.45) is -3.26.